The third-order valence-corrected chi connectivity index (χ3v) is 4.39. The van der Waals surface area contributed by atoms with Crippen LogP contribution in [0.2, 0.25) is 0 Å². The van der Waals surface area contributed by atoms with E-state index in [9.17, 15) is 5.11 Å². The monoisotopic (exact) mass is 258 g/mol. The molecule has 0 bridgehead atoms. The summed E-state index contributed by atoms with van der Waals surface area (Å²) in [6, 6.07) is 8.44. The van der Waals surface area contributed by atoms with Crippen molar-refractivity contribution in [3.05, 3.63) is 35.5 Å². The zero-order chi connectivity index (χ0) is 13.4. The smallest absolute Gasteiger partial charge is 0.0596 e. The van der Waals surface area contributed by atoms with Crippen molar-refractivity contribution in [2.75, 3.05) is 20.1 Å². The summed E-state index contributed by atoms with van der Waals surface area (Å²) >= 11 is 0. The van der Waals surface area contributed by atoms with E-state index < -0.39 is 0 Å². The molecule has 1 fully saturated rings. The number of piperidine rings is 1. The molecule has 2 heterocycles. The average molecular weight is 258 g/mol. The number of rotatable bonds is 2. The number of benzene rings is 1. The second-order valence-corrected chi connectivity index (χ2v) is 5.86. The number of hydrogen-bond donors (Lipinski definition) is 2. The molecule has 0 aliphatic carbocycles. The van der Waals surface area contributed by atoms with Gasteiger partial charge in [0.05, 0.1) is 6.10 Å². The summed E-state index contributed by atoms with van der Waals surface area (Å²) in [4.78, 5) is 5.77. The lowest BCUT2D eigenvalue weighted by atomic mass is 9.88. The van der Waals surface area contributed by atoms with E-state index in [-0.39, 0.29) is 6.10 Å². The maximum Gasteiger partial charge on any atom is 0.0596 e. The largest absolute Gasteiger partial charge is 0.393 e. The van der Waals surface area contributed by atoms with E-state index >= 15 is 0 Å². The predicted octanol–water partition coefficient (Wildman–Crippen LogP) is 2.33. The van der Waals surface area contributed by atoms with E-state index in [1.54, 1.807) is 0 Å². The first-order valence-electron chi connectivity index (χ1n) is 7.08. The van der Waals surface area contributed by atoms with Gasteiger partial charge in [0.25, 0.3) is 0 Å². The van der Waals surface area contributed by atoms with E-state index in [1.165, 1.54) is 22.2 Å². The van der Waals surface area contributed by atoms with Crippen LogP contribution in [0.15, 0.2) is 24.3 Å². The standard InChI is InChI=1S/C16H22N2O/c1-11-14(13-5-3-4-6-15(13)17-11)9-12-10-18(2)8-7-16(12)19/h3-6,12,16-17,19H,7-10H2,1-2H3. The summed E-state index contributed by atoms with van der Waals surface area (Å²) in [5.41, 5.74) is 3.81. The summed E-state index contributed by atoms with van der Waals surface area (Å²) in [6.45, 7) is 4.12. The highest BCUT2D eigenvalue weighted by Gasteiger charge is 2.27. The molecule has 102 valence electrons. The molecule has 0 radical (unpaired) electrons. The van der Waals surface area contributed by atoms with Crippen LogP contribution in [-0.2, 0) is 6.42 Å². The van der Waals surface area contributed by atoms with Gasteiger partial charge in [0, 0.05) is 35.6 Å². The van der Waals surface area contributed by atoms with Crippen molar-refractivity contribution >= 4 is 10.9 Å². The van der Waals surface area contributed by atoms with Crippen LogP contribution in [0.25, 0.3) is 10.9 Å². The van der Waals surface area contributed by atoms with E-state index in [2.05, 4.69) is 48.1 Å². The van der Waals surface area contributed by atoms with Gasteiger partial charge in [0.2, 0.25) is 0 Å². The zero-order valence-corrected chi connectivity index (χ0v) is 11.7. The number of nitrogens with one attached hydrogen (secondary N) is 1. The molecule has 2 atom stereocenters. The van der Waals surface area contributed by atoms with Gasteiger partial charge in [-0.05, 0) is 38.4 Å². The molecule has 1 aliphatic heterocycles. The quantitative estimate of drug-likeness (QED) is 0.868. The number of para-hydroxylation sites is 1. The minimum absolute atomic E-state index is 0.163. The van der Waals surface area contributed by atoms with Gasteiger partial charge in [0.15, 0.2) is 0 Å². The Bertz CT molecular complexity index is 575. The normalized spacial score (nSPS) is 25.0. The Morgan fingerprint density at radius 3 is 3.00 bits per heavy atom. The van der Waals surface area contributed by atoms with Crippen LogP contribution in [0, 0.1) is 12.8 Å². The highest BCUT2D eigenvalue weighted by atomic mass is 16.3. The molecular weight excluding hydrogens is 236 g/mol. The number of likely N-dealkylation sites (tertiary alicyclic amines) is 1. The summed E-state index contributed by atoms with van der Waals surface area (Å²) in [5.74, 6) is 0.344. The highest BCUT2D eigenvalue weighted by Crippen LogP contribution is 2.27. The van der Waals surface area contributed by atoms with Gasteiger partial charge < -0.3 is 15.0 Å². The van der Waals surface area contributed by atoms with Crippen LogP contribution in [0.1, 0.15) is 17.7 Å². The van der Waals surface area contributed by atoms with Crippen LogP contribution in [0.3, 0.4) is 0 Å². The number of nitrogens with zero attached hydrogens (tertiary/aromatic N) is 1. The second kappa shape index (κ2) is 4.99. The van der Waals surface area contributed by atoms with Gasteiger partial charge in [-0.25, -0.2) is 0 Å². The molecule has 2 unspecified atom stereocenters. The van der Waals surface area contributed by atoms with Crippen LogP contribution in [0.4, 0.5) is 0 Å². The Labute approximate surface area is 114 Å². The number of H-pyrrole nitrogens is 1. The molecule has 19 heavy (non-hydrogen) atoms. The number of aryl methyl sites for hydroxylation is 1. The second-order valence-electron chi connectivity index (χ2n) is 5.86. The summed E-state index contributed by atoms with van der Waals surface area (Å²) < 4.78 is 0. The van der Waals surface area contributed by atoms with Gasteiger partial charge in [-0.1, -0.05) is 18.2 Å². The molecule has 2 N–H and O–H groups in total. The minimum atomic E-state index is -0.163. The fourth-order valence-electron chi connectivity index (χ4n) is 3.26. The maximum atomic E-state index is 10.2. The molecule has 1 saturated heterocycles. The highest BCUT2D eigenvalue weighted by molar-refractivity contribution is 5.84. The predicted molar refractivity (Wildman–Crippen MR) is 78.4 cm³/mol. The number of hydrogen-bond acceptors (Lipinski definition) is 2. The van der Waals surface area contributed by atoms with E-state index in [4.69, 9.17) is 0 Å². The molecule has 1 aromatic heterocycles. The topological polar surface area (TPSA) is 39.3 Å². The Morgan fingerprint density at radius 1 is 1.37 bits per heavy atom. The SMILES string of the molecule is Cc1[nH]c2ccccc2c1CC1CN(C)CCC1O. The third kappa shape index (κ3) is 2.40. The lowest BCUT2D eigenvalue weighted by Crippen LogP contribution is -2.42. The number of aromatic amines is 1. The number of aromatic nitrogens is 1. The van der Waals surface area contributed by atoms with Crippen LogP contribution in [-0.4, -0.2) is 41.2 Å². The minimum Gasteiger partial charge on any atom is -0.393 e. The fraction of sp³-hybridized carbons (Fsp3) is 0.500. The first-order valence-corrected chi connectivity index (χ1v) is 7.08. The molecule has 0 saturated carbocycles. The van der Waals surface area contributed by atoms with Gasteiger partial charge in [-0.3, -0.25) is 0 Å². The van der Waals surface area contributed by atoms with Crippen molar-refractivity contribution in [1.29, 1.82) is 0 Å². The molecule has 3 heteroatoms. The van der Waals surface area contributed by atoms with E-state index in [1.807, 2.05) is 0 Å². The summed E-state index contributed by atoms with van der Waals surface area (Å²) in [5, 5.41) is 11.5. The van der Waals surface area contributed by atoms with Gasteiger partial charge in [-0.2, -0.15) is 0 Å². The average Bonchev–Trinajstić information content (AvgIpc) is 2.71. The number of aliphatic hydroxyl groups is 1. The van der Waals surface area contributed by atoms with Crippen molar-refractivity contribution in [3.63, 3.8) is 0 Å². The zero-order valence-electron chi connectivity index (χ0n) is 11.7. The third-order valence-electron chi connectivity index (χ3n) is 4.39. The number of aliphatic hydroxyl groups excluding tert-OH is 1. The van der Waals surface area contributed by atoms with Gasteiger partial charge >= 0.3 is 0 Å². The fourth-order valence-corrected chi connectivity index (χ4v) is 3.26. The molecule has 1 aliphatic rings. The lowest BCUT2D eigenvalue weighted by molar-refractivity contribution is 0.0367. The van der Waals surface area contributed by atoms with Crippen molar-refractivity contribution in [2.45, 2.75) is 25.9 Å². The Hall–Kier alpha value is -1.32. The number of fused-ring (bicyclic) bond motifs is 1. The summed E-state index contributed by atoms with van der Waals surface area (Å²) in [7, 11) is 2.14. The first kappa shape index (κ1) is 12.7. The van der Waals surface area contributed by atoms with E-state index in [0.717, 1.165) is 25.9 Å². The van der Waals surface area contributed by atoms with Crippen molar-refractivity contribution in [1.82, 2.24) is 9.88 Å². The Balaban J connectivity index is 1.90. The molecule has 3 nitrogen and oxygen atoms in total. The molecule has 3 rings (SSSR count). The molecular formula is C16H22N2O. The molecule has 1 aromatic carbocycles. The van der Waals surface area contributed by atoms with Crippen molar-refractivity contribution < 1.29 is 5.11 Å². The van der Waals surface area contributed by atoms with Crippen LogP contribution in [0.5, 0.6) is 0 Å². The summed E-state index contributed by atoms with van der Waals surface area (Å²) in [6.07, 6.45) is 1.69. The van der Waals surface area contributed by atoms with Crippen molar-refractivity contribution in [2.24, 2.45) is 5.92 Å². The Kier molecular flexibility index (Phi) is 3.33. The molecule has 0 spiro atoms. The molecule has 2 aromatic rings. The van der Waals surface area contributed by atoms with Gasteiger partial charge in [0.1, 0.15) is 0 Å². The Morgan fingerprint density at radius 2 is 2.16 bits per heavy atom. The van der Waals surface area contributed by atoms with Crippen molar-refractivity contribution in [3.8, 4) is 0 Å². The first-order chi connectivity index (χ1) is 9.15. The maximum absolute atomic E-state index is 10.2. The van der Waals surface area contributed by atoms with Gasteiger partial charge in [-0.15, -0.1) is 0 Å². The van der Waals surface area contributed by atoms with E-state index in [0.29, 0.717) is 5.92 Å². The van der Waals surface area contributed by atoms with Crippen LogP contribution < -0.4 is 0 Å². The molecule has 0 amide bonds. The lowest BCUT2D eigenvalue weighted by Gasteiger charge is -2.34. The van der Waals surface area contributed by atoms with Crippen LogP contribution >= 0.6 is 0 Å².